The van der Waals surface area contributed by atoms with Gasteiger partial charge >= 0.3 is 0 Å². The van der Waals surface area contributed by atoms with Crippen LogP contribution in [0.4, 0.5) is 11.4 Å². The molecule has 0 aromatic heterocycles. The van der Waals surface area contributed by atoms with E-state index in [9.17, 15) is 14.9 Å². The van der Waals surface area contributed by atoms with Crippen molar-refractivity contribution in [3.63, 3.8) is 0 Å². The van der Waals surface area contributed by atoms with Gasteiger partial charge in [-0.25, -0.2) is 0 Å². The molecule has 0 atom stereocenters. The third-order valence-electron chi connectivity index (χ3n) is 4.29. The van der Waals surface area contributed by atoms with Gasteiger partial charge in [0.25, 0.3) is 5.69 Å². The highest BCUT2D eigenvalue weighted by Gasteiger charge is 2.24. The Bertz CT molecular complexity index is 886. The Morgan fingerprint density at radius 3 is 2.54 bits per heavy atom. The van der Waals surface area contributed by atoms with Crippen molar-refractivity contribution in [1.82, 2.24) is 4.90 Å². The van der Waals surface area contributed by atoms with Crippen molar-refractivity contribution in [2.24, 2.45) is 0 Å². The molecule has 8 nitrogen and oxygen atoms in total. The number of hydrogen-bond donors (Lipinski definition) is 1. The lowest BCUT2D eigenvalue weighted by Gasteiger charge is -2.18. The number of fused-ring (bicyclic) bond motifs is 1. The number of anilines is 1. The summed E-state index contributed by atoms with van der Waals surface area (Å²) in [4.78, 5) is 26.5. The highest BCUT2D eigenvalue weighted by Crippen LogP contribution is 2.45. The maximum Gasteiger partial charge on any atom is 0.287 e. The number of nitrogens with one attached hydrogen (secondary N) is 1. The number of nitro benzene ring substituents is 1. The zero-order valence-electron chi connectivity index (χ0n) is 15.6. The lowest BCUT2D eigenvalue weighted by molar-refractivity contribution is -0.387. The van der Waals surface area contributed by atoms with Crippen molar-refractivity contribution >= 4 is 29.0 Å². The van der Waals surface area contributed by atoms with Gasteiger partial charge in [0.2, 0.25) is 12.7 Å². The Balaban J connectivity index is 1.84. The van der Waals surface area contributed by atoms with E-state index in [0.717, 1.165) is 13.1 Å². The molecule has 0 saturated heterocycles. The number of carbonyl (C=O) groups is 1. The van der Waals surface area contributed by atoms with E-state index in [1.54, 1.807) is 12.1 Å². The molecule has 2 aromatic carbocycles. The Hall–Kier alpha value is -2.78. The highest BCUT2D eigenvalue weighted by molar-refractivity contribution is 7.99. The lowest BCUT2D eigenvalue weighted by Crippen LogP contribution is -2.33. The molecule has 0 unspecified atom stereocenters. The van der Waals surface area contributed by atoms with Gasteiger partial charge in [0.1, 0.15) is 0 Å². The summed E-state index contributed by atoms with van der Waals surface area (Å²) in [6, 6.07) is 10.2. The van der Waals surface area contributed by atoms with Crippen molar-refractivity contribution in [2.75, 3.05) is 31.7 Å². The molecule has 28 heavy (non-hydrogen) atoms. The molecule has 1 amide bonds. The summed E-state index contributed by atoms with van der Waals surface area (Å²) in [5, 5.41) is 14.4. The maximum atomic E-state index is 12.4. The Labute approximate surface area is 167 Å². The summed E-state index contributed by atoms with van der Waals surface area (Å²) in [6.07, 6.45) is 0. The van der Waals surface area contributed by atoms with Gasteiger partial charge in [0.15, 0.2) is 11.5 Å². The molecule has 0 fully saturated rings. The monoisotopic (exact) mass is 403 g/mol. The molecule has 0 radical (unpaired) electrons. The third-order valence-corrected chi connectivity index (χ3v) is 5.42. The average molecular weight is 403 g/mol. The third kappa shape index (κ3) is 4.55. The zero-order chi connectivity index (χ0) is 20.1. The second-order valence-electron chi connectivity index (χ2n) is 6.04. The average Bonchev–Trinajstić information content (AvgIpc) is 3.14. The molecule has 3 rings (SSSR count). The summed E-state index contributed by atoms with van der Waals surface area (Å²) in [6.45, 7) is 5.89. The number of carbonyl (C=O) groups excluding carboxylic acids is 1. The van der Waals surface area contributed by atoms with Crippen molar-refractivity contribution in [2.45, 2.75) is 23.6 Å². The van der Waals surface area contributed by atoms with Gasteiger partial charge in [-0.1, -0.05) is 37.7 Å². The molecule has 0 saturated carbocycles. The highest BCUT2D eigenvalue weighted by atomic mass is 32.2. The number of hydrogen-bond acceptors (Lipinski definition) is 7. The van der Waals surface area contributed by atoms with Gasteiger partial charge < -0.3 is 14.8 Å². The number of rotatable bonds is 8. The second kappa shape index (κ2) is 8.94. The molecule has 1 heterocycles. The van der Waals surface area contributed by atoms with E-state index in [1.165, 1.54) is 17.8 Å². The van der Waals surface area contributed by atoms with Crippen LogP contribution in [-0.4, -0.2) is 42.2 Å². The zero-order valence-corrected chi connectivity index (χ0v) is 16.5. The first kappa shape index (κ1) is 20.0. The molecule has 9 heteroatoms. The number of nitrogens with zero attached hydrogens (tertiary/aromatic N) is 2. The van der Waals surface area contributed by atoms with Crippen LogP contribution in [0.1, 0.15) is 13.8 Å². The Kier molecular flexibility index (Phi) is 6.37. The molecule has 0 bridgehead atoms. The maximum absolute atomic E-state index is 12.4. The number of nitro groups is 1. The van der Waals surface area contributed by atoms with Crippen LogP contribution in [0.3, 0.4) is 0 Å². The van der Waals surface area contributed by atoms with Crippen LogP contribution in [0.25, 0.3) is 0 Å². The molecule has 148 valence electrons. The molecule has 1 aliphatic rings. The quantitative estimate of drug-likeness (QED) is 0.530. The van der Waals surface area contributed by atoms with E-state index in [1.807, 2.05) is 36.9 Å². The van der Waals surface area contributed by atoms with Crippen LogP contribution in [-0.2, 0) is 4.79 Å². The predicted octanol–water partition coefficient (Wildman–Crippen LogP) is 3.76. The van der Waals surface area contributed by atoms with Gasteiger partial charge in [-0.2, -0.15) is 0 Å². The number of benzene rings is 2. The van der Waals surface area contributed by atoms with Crippen molar-refractivity contribution < 1.29 is 19.2 Å². The second-order valence-corrected chi connectivity index (χ2v) is 7.12. The van der Waals surface area contributed by atoms with Gasteiger partial charge in [-0.3, -0.25) is 19.8 Å². The van der Waals surface area contributed by atoms with E-state index in [-0.39, 0.29) is 24.9 Å². The molecular weight excluding hydrogens is 382 g/mol. The summed E-state index contributed by atoms with van der Waals surface area (Å²) in [5.41, 5.74) is 0.537. The van der Waals surface area contributed by atoms with Crippen LogP contribution in [0.2, 0.25) is 0 Å². The van der Waals surface area contributed by atoms with Crippen LogP contribution in [0.5, 0.6) is 11.5 Å². The summed E-state index contributed by atoms with van der Waals surface area (Å²) in [5.74, 6) is 0.699. The minimum atomic E-state index is -0.453. The van der Waals surface area contributed by atoms with E-state index in [2.05, 4.69) is 5.32 Å². The normalized spacial score (nSPS) is 12.2. The number of para-hydroxylation sites is 1. The lowest BCUT2D eigenvalue weighted by atomic mass is 10.3. The summed E-state index contributed by atoms with van der Waals surface area (Å²) >= 11 is 1.20. The molecule has 0 aliphatic carbocycles. The molecule has 2 aromatic rings. The Morgan fingerprint density at radius 1 is 1.18 bits per heavy atom. The largest absolute Gasteiger partial charge is 0.454 e. The first-order chi connectivity index (χ1) is 13.5. The smallest absolute Gasteiger partial charge is 0.287 e. The summed E-state index contributed by atoms with van der Waals surface area (Å²) < 4.78 is 10.6. The number of ether oxygens (including phenoxy) is 2. The molecule has 1 N–H and O–H groups in total. The van der Waals surface area contributed by atoms with Crippen molar-refractivity contribution in [1.29, 1.82) is 0 Å². The van der Waals surface area contributed by atoms with Crippen LogP contribution >= 0.6 is 11.8 Å². The fourth-order valence-electron chi connectivity index (χ4n) is 2.75. The van der Waals surface area contributed by atoms with Crippen LogP contribution < -0.4 is 14.8 Å². The predicted molar refractivity (Wildman–Crippen MR) is 106 cm³/mol. The standard InChI is InChI=1S/C19H21N3O5S/c1-3-21(4-2)11-19(23)20-13-7-5-6-8-17(13)28-18-10-16-15(26-12-27-16)9-14(18)22(24)25/h5-10H,3-4,11-12H2,1-2H3,(H,20,23). The first-order valence-corrected chi connectivity index (χ1v) is 9.70. The van der Waals surface area contributed by atoms with Crippen molar-refractivity contribution in [3.05, 3.63) is 46.5 Å². The number of amides is 1. The minimum absolute atomic E-state index is 0.0403. The molecular formula is C19H21N3O5S. The van der Waals surface area contributed by atoms with Gasteiger partial charge in [-0.15, -0.1) is 0 Å². The van der Waals surface area contributed by atoms with Crippen LogP contribution in [0.15, 0.2) is 46.2 Å². The first-order valence-electron chi connectivity index (χ1n) is 8.89. The van der Waals surface area contributed by atoms with E-state index in [4.69, 9.17) is 9.47 Å². The van der Waals surface area contributed by atoms with E-state index >= 15 is 0 Å². The fraction of sp³-hybridized carbons (Fsp3) is 0.316. The van der Waals surface area contributed by atoms with E-state index in [0.29, 0.717) is 27.0 Å². The minimum Gasteiger partial charge on any atom is -0.454 e. The van der Waals surface area contributed by atoms with Gasteiger partial charge in [-0.05, 0) is 25.2 Å². The van der Waals surface area contributed by atoms with Gasteiger partial charge in [0.05, 0.1) is 28.1 Å². The van der Waals surface area contributed by atoms with Crippen molar-refractivity contribution in [3.8, 4) is 11.5 Å². The molecule has 0 spiro atoms. The molecule has 1 aliphatic heterocycles. The SMILES string of the molecule is CCN(CC)CC(=O)Nc1ccccc1Sc1cc2c(cc1[N+](=O)[O-])OCO2. The fourth-order valence-corrected chi connectivity index (χ4v) is 3.77. The summed E-state index contributed by atoms with van der Waals surface area (Å²) in [7, 11) is 0. The van der Waals surface area contributed by atoms with E-state index < -0.39 is 4.92 Å². The van der Waals surface area contributed by atoms with Gasteiger partial charge in [0, 0.05) is 11.0 Å². The number of likely N-dealkylation sites (N-methyl/N-ethyl adjacent to an activating group) is 1. The van der Waals surface area contributed by atoms with Crippen LogP contribution in [0, 0.1) is 10.1 Å². The topological polar surface area (TPSA) is 93.9 Å². The Morgan fingerprint density at radius 2 is 1.86 bits per heavy atom.